The summed E-state index contributed by atoms with van der Waals surface area (Å²) >= 11 is 0. The number of tetrazole rings is 2. The standard InChI is InChI=1S/C11H8F3N5O2.C11H10F3N5/c12-11(13,14)10-15-16-17-18(10)9-5-7(19(20)21)3-4-8(9)6-1-2-6;12-11(13,14)10-16-17-18-19(10)9-5-7(15)3-4-8(9)6-1-2-6/h3-6H,1-2H2;3-6H,1-2,15H2. The summed E-state index contributed by atoms with van der Waals surface area (Å²) in [5.74, 6) is -2.09. The molecule has 0 spiro atoms. The van der Waals surface area contributed by atoms with E-state index >= 15 is 0 Å². The number of anilines is 1. The van der Waals surface area contributed by atoms with E-state index in [1.54, 1.807) is 12.1 Å². The number of alkyl halides is 6. The van der Waals surface area contributed by atoms with E-state index in [-0.39, 0.29) is 23.2 Å². The predicted molar refractivity (Wildman–Crippen MR) is 123 cm³/mol. The Hall–Kier alpha value is -4.64. The highest BCUT2D eigenvalue weighted by atomic mass is 19.4. The van der Waals surface area contributed by atoms with Gasteiger partial charge in [0.15, 0.2) is 0 Å². The van der Waals surface area contributed by atoms with Crippen molar-refractivity contribution in [3.8, 4) is 11.4 Å². The number of hydrogen-bond acceptors (Lipinski definition) is 9. The maximum Gasteiger partial charge on any atom is 0.453 e. The fourth-order valence-electron chi connectivity index (χ4n) is 4.10. The normalized spacial score (nSPS) is 15.4. The first-order chi connectivity index (χ1) is 18.8. The molecule has 2 saturated carbocycles. The second-order valence-electron chi connectivity index (χ2n) is 9.19. The number of non-ortho nitro benzene ring substituents is 1. The second kappa shape index (κ2) is 9.83. The van der Waals surface area contributed by atoms with Crippen molar-refractivity contribution in [1.29, 1.82) is 0 Å². The van der Waals surface area contributed by atoms with Gasteiger partial charge in [0.25, 0.3) is 17.3 Å². The fourth-order valence-corrected chi connectivity index (χ4v) is 4.10. The number of aromatic nitrogens is 8. The average molecular weight is 568 g/mol. The molecule has 0 atom stereocenters. The van der Waals surface area contributed by atoms with Crippen molar-refractivity contribution in [2.24, 2.45) is 0 Å². The molecular formula is C22H18F6N10O2. The van der Waals surface area contributed by atoms with Gasteiger partial charge in [0.2, 0.25) is 0 Å². The van der Waals surface area contributed by atoms with Gasteiger partial charge in [-0.05, 0) is 87.7 Å². The molecule has 2 aliphatic rings. The van der Waals surface area contributed by atoms with Crippen LogP contribution in [0.5, 0.6) is 0 Å². The average Bonchev–Trinajstić information content (AvgIpc) is 3.80. The Bertz CT molecular complexity index is 1560. The number of nitro benzene ring substituents is 1. The summed E-state index contributed by atoms with van der Waals surface area (Å²) in [4.78, 5) is 10.2. The van der Waals surface area contributed by atoms with Gasteiger partial charge in [0.05, 0.1) is 16.3 Å². The molecular weight excluding hydrogens is 550 g/mol. The van der Waals surface area contributed by atoms with Crippen LogP contribution in [0, 0.1) is 10.1 Å². The SMILES string of the molecule is Nc1ccc(C2CC2)c(-n2nnnc2C(F)(F)F)c1.O=[N+]([O-])c1ccc(C2CC2)c(-n2nnnc2C(F)(F)F)c1. The Labute approximate surface area is 219 Å². The number of nitrogens with zero attached hydrogens (tertiary/aromatic N) is 9. The van der Waals surface area contributed by atoms with Crippen LogP contribution in [0.25, 0.3) is 11.4 Å². The molecule has 0 aliphatic heterocycles. The number of nitrogens with two attached hydrogens (primary N) is 1. The molecule has 2 N–H and O–H groups in total. The molecule has 0 amide bonds. The molecule has 12 nitrogen and oxygen atoms in total. The summed E-state index contributed by atoms with van der Waals surface area (Å²) in [5.41, 5.74) is 7.41. The van der Waals surface area contributed by atoms with Crippen molar-refractivity contribution in [2.75, 3.05) is 5.73 Å². The van der Waals surface area contributed by atoms with Gasteiger partial charge in [0, 0.05) is 17.8 Å². The largest absolute Gasteiger partial charge is 0.453 e. The minimum atomic E-state index is -4.74. The number of nitrogen functional groups attached to an aromatic ring is 1. The molecule has 2 heterocycles. The van der Waals surface area contributed by atoms with Crippen LogP contribution in [0.2, 0.25) is 0 Å². The van der Waals surface area contributed by atoms with Crippen molar-refractivity contribution in [3.63, 3.8) is 0 Å². The third kappa shape index (κ3) is 5.55. The van der Waals surface area contributed by atoms with Crippen molar-refractivity contribution in [3.05, 3.63) is 69.3 Å². The van der Waals surface area contributed by atoms with Crippen LogP contribution in [0.1, 0.15) is 60.3 Å². The monoisotopic (exact) mass is 568 g/mol. The summed E-state index contributed by atoms with van der Waals surface area (Å²) in [6.07, 6.45) is -5.77. The Morgan fingerprint density at radius 3 is 1.65 bits per heavy atom. The molecule has 2 aromatic heterocycles. The Morgan fingerprint density at radius 1 is 0.775 bits per heavy atom. The van der Waals surface area contributed by atoms with Crippen LogP contribution in [-0.4, -0.2) is 45.3 Å². The maximum atomic E-state index is 12.9. The van der Waals surface area contributed by atoms with Crippen LogP contribution in [0.3, 0.4) is 0 Å². The highest BCUT2D eigenvalue weighted by Gasteiger charge is 2.41. The Morgan fingerprint density at radius 2 is 1.23 bits per heavy atom. The molecule has 4 aromatic rings. The quantitative estimate of drug-likeness (QED) is 0.157. The van der Waals surface area contributed by atoms with E-state index in [0.717, 1.165) is 37.3 Å². The lowest BCUT2D eigenvalue weighted by atomic mass is 10.1. The molecule has 2 aromatic carbocycles. The highest BCUT2D eigenvalue weighted by molar-refractivity contribution is 5.55. The zero-order chi connectivity index (χ0) is 28.8. The first-order valence-corrected chi connectivity index (χ1v) is 11.7. The number of hydrogen-bond donors (Lipinski definition) is 1. The van der Waals surface area contributed by atoms with Crippen LogP contribution in [0.15, 0.2) is 36.4 Å². The third-order valence-corrected chi connectivity index (χ3v) is 6.22. The van der Waals surface area contributed by atoms with E-state index in [1.807, 2.05) is 0 Å². The Balaban J connectivity index is 0.000000162. The molecule has 18 heteroatoms. The van der Waals surface area contributed by atoms with E-state index in [2.05, 4.69) is 31.1 Å². The summed E-state index contributed by atoms with van der Waals surface area (Å²) in [5, 5.41) is 29.8. The van der Waals surface area contributed by atoms with Gasteiger partial charge in [-0.1, -0.05) is 6.07 Å². The summed E-state index contributed by atoms with van der Waals surface area (Å²) in [6, 6.07) is 8.69. The molecule has 0 unspecified atom stereocenters. The van der Waals surface area contributed by atoms with Gasteiger partial charge in [-0.3, -0.25) is 10.1 Å². The van der Waals surface area contributed by atoms with Crippen LogP contribution in [-0.2, 0) is 12.4 Å². The first kappa shape index (κ1) is 26.9. The Kier molecular flexibility index (Phi) is 6.62. The van der Waals surface area contributed by atoms with E-state index < -0.39 is 28.9 Å². The van der Waals surface area contributed by atoms with E-state index in [9.17, 15) is 36.5 Å². The molecule has 2 fully saturated rings. The molecule has 0 bridgehead atoms. The lowest BCUT2D eigenvalue weighted by Crippen LogP contribution is -2.16. The first-order valence-electron chi connectivity index (χ1n) is 11.7. The zero-order valence-corrected chi connectivity index (χ0v) is 20.1. The third-order valence-electron chi connectivity index (χ3n) is 6.22. The van der Waals surface area contributed by atoms with E-state index in [0.29, 0.717) is 26.3 Å². The summed E-state index contributed by atoms with van der Waals surface area (Å²) in [6.45, 7) is 0. The van der Waals surface area contributed by atoms with Gasteiger partial charge in [0.1, 0.15) is 0 Å². The topological polar surface area (TPSA) is 156 Å². The zero-order valence-electron chi connectivity index (χ0n) is 20.1. The molecule has 0 radical (unpaired) electrons. The van der Waals surface area contributed by atoms with Crippen molar-refractivity contribution >= 4 is 11.4 Å². The number of halogens is 6. The smallest absolute Gasteiger partial charge is 0.399 e. The molecule has 210 valence electrons. The fraction of sp³-hybridized carbons (Fsp3) is 0.364. The van der Waals surface area contributed by atoms with Crippen LogP contribution in [0.4, 0.5) is 37.7 Å². The van der Waals surface area contributed by atoms with Crippen molar-refractivity contribution < 1.29 is 31.3 Å². The highest BCUT2D eigenvalue weighted by Crippen LogP contribution is 2.45. The van der Waals surface area contributed by atoms with Crippen molar-refractivity contribution in [2.45, 2.75) is 49.9 Å². The van der Waals surface area contributed by atoms with Gasteiger partial charge >= 0.3 is 12.4 Å². The lowest BCUT2D eigenvalue weighted by molar-refractivity contribution is -0.384. The van der Waals surface area contributed by atoms with E-state index in [1.165, 1.54) is 18.2 Å². The minimum Gasteiger partial charge on any atom is -0.399 e. The predicted octanol–water partition coefficient (Wildman–Crippen LogP) is 4.61. The minimum absolute atomic E-state index is 0.00373. The van der Waals surface area contributed by atoms with Gasteiger partial charge < -0.3 is 5.73 Å². The number of nitro groups is 1. The molecule has 2 aliphatic carbocycles. The van der Waals surface area contributed by atoms with Gasteiger partial charge in [-0.2, -0.15) is 35.7 Å². The lowest BCUT2D eigenvalue weighted by Gasteiger charge is -2.12. The molecule has 40 heavy (non-hydrogen) atoms. The summed E-state index contributed by atoms with van der Waals surface area (Å²) < 4.78 is 78.3. The van der Waals surface area contributed by atoms with Gasteiger partial charge in [-0.25, -0.2) is 0 Å². The van der Waals surface area contributed by atoms with Crippen molar-refractivity contribution in [1.82, 2.24) is 40.4 Å². The second-order valence-corrected chi connectivity index (χ2v) is 9.19. The van der Waals surface area contributed by atoms with Crippen LogP contribution >= 0.6 is 0 Å². The summed E-state index contributed by atoms with van der Waals surface area (Å²) in [7, 11) is 0. The number of rotatable bonds is 5. The number of benzene rings is 2. The van der Waals surface area contributed by atoms with Crippen LogP contribution < -0.4 is 5.73 Å². The van der Waals surface area contributed by atoms with E-state index in [4.69, 9.17) is 5.73 Å². The van der Waals surface area contributed by atoms with Gasteiger partial charge in [-0.15, -0.1) is 10.2 Å². The molecule has 0 saturated heterocycles. The maximum absolute atomic E-state index is 12.9. The molecule has 6 rings (SSSR count).